The second kappa shape index (κ2) is 9.03. The number of hydrogen-bond donors (Lipinski definition) is 1. The lowest BCUT2D eigenvalue weighted by Crippen LogP contribution is -2.05. The summed E-state index contributed by atoms with van der Waals surface area (Å²) in [5.74, 6) is 1.93. The number of anilines is 2. The Morgan fingerprint density at radius 3 is 2.22 bits per heavy atom. The molecule has 0 aliphatic heterocycles. The number of para-hydroxylation sites is 2. The molecule has 2 heterocycles. The van der Waals surface area contributed by atoms with Crippen LogP contribution in [0.2, 0.25) is 0 Å². The minimum atomic E-state index is -3.93. The number of ether oxygens (including phenoxy) is 1. The first-order valence-corrected chi connectivity index (χ1v) is 13.0. The third kappa shape index (κ3) is 4.25. The molecule has 4 aromatic carbocycles. The molecule has 0 saturated heterocycles. The fraction of sp³-hybridized carbons (Fsp3) is 0.0357. The number of aryl methyl sites for hydroxylation is 1. The molecule has 0 saturated carbocycles. The lowest BCUT2D eigenvalue weighted by Gasteiger charge is -2.11. The van der Waals surface area contributed by atoms with Crippen LogP contribution in [0.25, 0.3) is 16.6 Å². The van der Waals surface area contributed by atoms with E-state index in [9.17, 15) is 8.42 Å². The SMILES string of the molecule is Cc1ccc(S(=O)(=O)c2nnn3c2nc(Nc2ccc(Oc4ccccc4)cc2)c2ccccc23)cc1. The summed E-state index contributed by atoms with van der Waals surface area (Å²) in [5, 5.41) is 12.1. The van der Waals surface area contributed by atoms with E-state index >= 15 is 0 Å². The summed E-state index contributed by atoms with van der Waals surface area (Å²) in [6.07, 6.45) is 0. The molecule has 6 aromatic rings. The van der Waals surface area contributed by atoms with E-state index in [2.05, 4.69) is 20.6 Å². The molecule has 0 bridgehead atoms. The van der Waals surface area contributed by atoms with Gasteiger partial charge in [0, 0.05) is 11.1 Å². The highest BCUT2D eigenvalue weighted by atomic mass is 32.2. The molecule has 182 valence electrons. The molecule has 1 N–H and O–H groups in total. The van der Waals surface area contributed by atoms with Crippen LogP contribution >= 0.6 is 0 Å². The Bertz CT molecular complexity index is 1830. The smallest absolute Gasteiger partial charge is 0.229 e. The molecule has 8 nitrogen and oxygen atoms in total. The fourth-order valence-electron chi connectivity index (χ4n) is 4.01. The molecule has 0 aliphatic rings. The van der Waals surface area contributed by atoms with Crippen molar-refractivity contribution in [3.63, 3.8) is 0 Å². The van der Waals surface area contributed by atoms with Gasteiger partial charge in [0.05, 0.1) is 10.4 Å². The molecular formula is C28H21N5O3S. The molecule has 2 aromatic heterocycles. The predicted molar refractivity (Wildman–Crippen MR) is 141 cm³/mol. The van der Waals surface area contributed by atoms with Crippen molar-refractivity contribution in [1.29, 1.82) is 0 Å². The number of aromatic nitrogens is 4. The van der Waals surface area contributed by atoms with Crippen LogP contribution in [0.1, 0.15) is 5.56 Å². The van der Waals surface area contributed by atoms with E-state index in [1.165, 1.54) is 4.52 Å². The van der Waals surface area contributed by atoms with Crippen LogP contribution in [0.4, 0.5) is 11.5 Å². The summed E-state index contributed by atoms with van der Waals surface area (Å²) in [6, 6.07) is 31.1. The highest BCUT2D eigenvalue weighted by molar-refractivity contribution is 7.91. The van der Waals surface area contributed by atoms with E-state index in [1.807, 2.05) is 85.8 Å². The summed E-state index contributed by atoms with van der Waals surface area (Å²) in [7, 11) is -3.93. The topological polar surface area (TPSA) is 98.5 Å². The molecule has 0 fully saturated rings. The Balaban J connectivity index is 1.40. The van der Waals surface area contributed by atoms with Gasteiger partial charge in [0.2, 0.25) is 14.9 Å². The molecule has 37 heavy (non-hydrogen) atoms. The monoisotopic (exact) mass is 507 g/mol. The van der Waals surface area contributed by atoms with E-state index < -0.39 is 9.84 Å². The Morgan fingerprint density at radius 2 is 1.46 bits per heavy atom. The van der Waals surface area contributed by atoms with Gasteiger partial charge in [-0.3, -0.25) is 0 Å². The Kier molecular flexibility index (Phi) is 5.54. The van der Waals surface area contributed by atoms with Crippen molar-refractivity contribution in [3.8, 4) is 11.5 Å². The summed E-state index contributed by atoms with van der Waals surface area (Å²) in [6.45, 7) is 1.90. The highest BCUT2D eigenvalue weighted by Gasteiger charge is 2.27. The predicted octanol–water partition coefficient (Wildman–Crippen LogP) is 5.95. The van der Waals surface area contributed by atoms with Gasteiger partial charge in [0.1, 0.15) is 17.3 Å². The van der Waals surface area contributed by atoms with Gasteiger partial charge in [-0.05, 0) is 67.6 Å². The number of hydrogen-bond acceptors (Lipinski definition) is 7. The highest BCUT2D eigenvalue weighted by Crippen LogP contribution is 2.30. The average Bonchev–Trinajstić information content (AvgIpc) is 3.36. The van der Waals surface area contributed by atoms with E-state index in [1.54, 1.807) is 24.3 Å². The maximum atomic E-state index is 13.4. The maximum absolute atomic E-state index is 13.4. The van der Waals surface area contributed by atoms with Crippen LogP contribution in [-0.4, -0.2) is 28.2 Å². The van der Waals surface area contributed by atoms with Crippen LogP contribution in [-0.2, 0) is 9.84 Å². The maximum Gasteiger partial charge on any atom is 0.229 e. The van der Waals surface area contributed by atoms with E-state index in [-0.39, 0.29) is 15.6 Å². The second-order valence-electron chi connectivity index (χ2n) is 8.49. The van der Waals surface area contributed by atoms with Crippen LogP contribution in [0.3, 0.4) is 0 Å². The summed E-state index contributed by atoms with van der Waals surface area (Å²) >= 11 is 0. The zero-order valence-electron chi connectivity index (χ0n) is 19.7. The van der Waals surface area contributed by atoms with Gasteiger partial charge >= 0.3 is 0 Å². The zero-order valence-corrected chi connectivity index (χ0v) is 20.6. The van der Waals surface area contributed by atoms with E-state index in [0.29, 0.717) is 17.1 Å². The number of nitrogens with one attached hydrogen (secondary N) is 1. The first kappa shape index (κ1) is 22.7. The van der Waals surface area contributed by atoms with Crippen molar-refractivity contribution in [2.24, 2.45) is 0 Å². The Labute approximate surface area is 213 Å². The normalized spacial score (nSPS) is 11.6. The van der Waals surface area contributed by atoms with E-state index in [0.717, 1.165) is 22.4 Å². The van der Waals surface area contributed by atoms with Gasteiger partial charge in [0.25, 0.3) is 0 Å². The molecule has 0 aliphatic carbocycles. The van der Waals surface area contributed by atoms with Crippen LogP contribution in [0.5, 0.6) is 11.5 Å². The van der Waals surface area contributed by atoms with Gasteiger partial charge in [0.15, 0.2) is 5.65 Å². The number of nitrogens with zero attached hydrogens (tertiary/aromatic N) is 4. The van der Waals surface area contributed by atoms with Gasteiger partial charge in [-0.15, -0.1) is 5.10 Å². The summed E-state index contributed by atoms with van der Waals surface area (Å²) in [5.41, 5.74) is 2.54. The van der Waals surface area contributed by atoms with Gasteiger partial charge in [-0.25, -0.2) is 13.4 Å². The molecule has 0 unspecified atom stereocenters. The second-order valence-corrected chi connectivity index (χ2v) is 10.4. The average molecular weight is 508 g/mol. The summed E-state index contributed by atoms with van der Waals surface area (Å²) < 4.78 is 34.2. The lowest BCUT2D eigenvalue weighted by molar-refractivity contribution is 0.483. The quantitative estimate of drug-likeness (QED) is 0.297. The third-order valence-corrected chi connectivity index (χ3v) is 7.57. The molecule has 0 radical (unpaired) electrons. The van der Waals surface area contributed by atoms with Crippen molar-refractivity contribution < 1.29 is 13.2 Å². The first-order chi connectivity index (χ1) is 18.0. The van der Waals surface area contributed by atoms with Gasteiger partial charge in [-0.2, -0.15) is 4.52 Å². The first-order valence-electron chi connectivity index (χ1n) is 11.5. The summed E-state index contributed by atoms with van der Waals surface area (Å²) in [4.78, 5) is 4.81. The fourth-order valence-corrected chi connectivity index (χ4v) is 5.25. The van der Waals surface area contributed by atoms with Crippen molar-refractivity contribution in [2.45, 2.75) is 16.8 Å². The minimum Gasteiger partial charge on any atom is -0.457 e. The molecule has 0 amide bonds. The van der Waals surface area contributed by atoms with Crippen LogP contribution in [0.15, 0.2) is 113 Å². The lowest BCUT2D eigenvalue weighted by atomic mass is 10.2. The van der Waals surface area contributed by atoms with Crippen molar-refractivity contribution in [2.75, 3.05) is 5.32 Å². The molecular weight excluding hydrogens is 486 g/mol. The number of benzene rings is 4. The van der Waals surface area contributed by atoms with Crippen molar-refractivity contribution in [3.05, 3.63) is 109 Å². The standard InChI is InChI=1S/C28H21N5O3S/c1-19-11-17-23(18-12-19)37(34,35)28-27-30-26(24-9-5-6-10-25(24)33(27)32-31-28)29-20-13-15-22(16-14-20)36-21-7-3-2-4-8-21/h2-18H,1H3,(H,29,30). The molecule has 6 rings (SSSR count). The number of fused-ring (bicyclic) bond motifs is 3. The third-order valence-electron chi connectivity index (χ3n) is 5.90. The molecule has 0 spiro atoms. The number of rotatable bonds is 6. The van der Waals surface area contributed by atoms with Gasteiger partial charge in [-0.1, -0.05) is 53.2 Å². The molecule has 0 atom stereocenters. The van der Waals surface area contributed by atoms with Gasteiger partial charge < -0.3 is 10.1 Å². The zero-order chi connectivity index (χ0) is 25.4. The van der Waals surface area contributed by atoms with Crippen LogP contribution in [0, 0.1) is 6.92 Å². The number of sulfone groups is 1. The Hall–Kier alpha value is -4.76. The van der Waals surface area contributed by atoms with Crippen LogP contribution < -0.4 is 10.1 Å². The minimum absolute atomic E-state index is 0.138. The van der Waals surface area contributed by atoms with Crippen molar-refractivity contribution >= 4 is 37.9 Å². The van der Waals surface area contributed by atoms with E-state index in [4.69, 9.17) is 4.74 Å². The largest absolute Gasteiger partial charge is 0.457 e. The Morgan fingerprint density at radius 1 is 0.784 bits per heavy atom. The van der Waals surface area contributed by atoms with Crippen molar-refractivity contribution in [1.82, 2.24) is 19.8 Å². The molecule has 9 heteroatoms.